The lowest BCUT2D eigenvalue weighted by atomic mass is 10.2. The summed E-state index contributed by atoms with van der Waals surface area (Å²) in [6.07, 6.45) is 0.427. The van der Waals surface area contributed by atoms with Crippen molar-refractivity contribution in [3.63, 3.8) is 0 Å². The minimum absolute atomic E-state index is 0.0220. The van der Waals surface area contributed by atoms with Crippen LogP contribution in [0.25, 0.3) is 10.4 Å². The number of halogens is 2. The van der Waals surface area contributed by atoms with E-state index in [0.29, 0.717) is 18.5 Å². The molecule has 0 heterocycles. The molecule has 0 spiro atoms. The number of benzene rings is 1. The quantitative estimate of drug-likeness (QED) is 0.242. The second-order valence-corrected chi connectivity index (χ2v) is 2.99. The monoisotopic (exact) mass is 223 g/mol. The fourth-order valence-electron chi connectivity index (χ4n) is 0.909. The van der Waals surface area contributed by atoms with Gasteiger partial charge < -0.3 is 0 Å². The number of azide groups is 1. The second-order valence-electron chi connectivity index (χ2n) is 2.61. The van der Waals surface area contributed by atoms with Crippen LogP contribution in [0.15, 0.2) is 23.3 Å². The molecule has 0 saturated carbocycles. The third-order valence-corrected chi connectivity index (χ3v) is 1.96. The maximum Gasteiger partial charge on any atom is 0.143 e. The lowest BCUT2D eigenvalue weighted by Crippen LogP contribution is -1.82. The zero-order valence-corrected chi connectivity index (χ0v) is 8.50. The van der Waals surface area contributed by atoms with Crippen molar-refractivity contribution in [3.05, 3.63) is 45.0 Å². The minimum atomic E-state index is -0.487. The third-order valence-electron chi connectivity index (χ3n) is 1.57. The molecule has 0 aliphatic rings. The number of rotatable bonds is 2. The smallest absolute Gasteiger partial charge is 0.143 e. The van der Waals surface area contributed by atoms with E-state index in [4.69, 9.17) is 17.1 Å². The molecule has 3 nitrogen and oxygen atoms in total. The van der Waals surface area contributed by atoms with Gasteiger partial charge in [0, 0.05) is 23.4 Å². The SMILES string of the molecule is [N-]=[N+]=NCCC#Cc1cccc(F)c1Cl. The Balaban J connectivity index is 2.71. The van der Waals surface area contributed by atoms with Gasteiger partial charge in [0.05, 0.1) is 5.02 Å². The molecule has 0 unspecified atom stereocenters. The molecule has 1 aromatic carbocycles. The first kappa shape index (κ1) is 11.4. The van der Waals surface area contributed by atoms with Crippen LogP contribution in [0.3, 0.4) is 0 Å². The van der Waals surface area contributed by atoms with E-state index in [9.17, 15) is 4.39 Å². The molecule has 0 atom stereocenters. The van der Waals surface area contributed by atoms with E-state index in [1.807, 2.05) is 0 Å². The van der Waals surface area contributed by atoms with Crippen molar-refractivity contribution < 1.29 is 4.39 Å². The summed E-state index contributed by atoms with van der Waals surface area (Å²) < 4.78 is 12.9. The lowest BCUT2D eigenvalue weighted by Gasteiger charge is -1.95. The van der Waals surface area contributed by atoms with Gasteiger partial charge >= 0.3 is 0 Å². The Bertz CT molecular complexity index is 455. The predicted molar refractivity (Wildman–Crippen MR) is 56.9 cm³/mol. The number of hydrogen-bond donors (Lipinski definition) is 0. The maximum absolute atomic E-state index is 12.9. The van der Waals surface area contributed by atoms with Crippen LogP contribution in [-0.4, -0.2) is 6.54 Å². The summed E-state index contributed by atoms with van der Waals surface area (Å²) in [5.41, 5.74) is 8.44. The average molecular weight is 224 g/mol. The molecule has 15 heavy (non-hydrogen) atoms. The summed E-state index contributed by atoms with van der Waals surface area (Å²) in [4.78, 5) is 2.58. The van der Waals surface area contributed by atoms with Crippen LogP contribution < -0.4 is 0 Å². The zero-order chi connectivity index (χ0) is 11.1. The fourth-order valence-corrected chi connectivity index (χ4v) is 1.08. The van der Waals surface area contributed by atoms with Crippen molar-refractivity contribution in [2.75, 3.05) is 6.54 Å². The van der Waals surface area contributed by atoms with Crippen LogP contribution in [0.5, 0.6) is 0 Å². The Hall–Kier alpha value is -1.69. The van der Waals surface area contributed by atoms with E-state index >= 15 is 0 Å². The standard InChI is InChI=1S/C10H7ClFN3/c11-10-8(5-3-6-9(10)12)4-1-2-7-14-15-13/h3,5-6H,2,7H2. The Labute approximate surface area is 91.5 Å². The molecule has 0 N–H and O–H groups in total. The van der Waals surface area contributed by atoms with Gasteiger partial charge in [0.1, 0.15) is 5.82 Å². The Morgan fingerprint density at radius 2 is 2.33 bits per heavy atom. The lowest BCUT2D eigenvalue weighted by molar-refractivity contribution is 0.628. The Kier molecular flexibility index (Phi) is 4.49. The highest BCUT2D eigenvalue weighted by Gasteiger charge is 2.01. The molecule has 1 aromatic rings. The van der Waals surface area contributed by atoms with Gasteiger partial charge in [0.2, 0.25) is 0 Å². The minimum Gasteiger partial charge on any atom is -0.205 e. The first-order valence-corrected chi connectivity index (χ1v) is 4.57. The van der Waals surface area contributed by atoms with E-state index < -0.39 is 5.82 Å². The molecule has 0 bridgehead atoms. The van der Waals surface area contributed by atoms with Gasteiger partial charge in [-0.05, 0) is 17.7 Å². The number of nitrogens with zero attached hydrogens (tertiary/aromatic N) is 3. The topological polar surface area (TPSA) is 48.8 Å². The molecule has 0 aliphatic heterocycles. The van der Waals surface area contributed by atoms with Crippen LogP contribution in [0.4, 0.5) is 4.39 Å². The second kappa shape index (κ2) is 5.92. The molecule has 0 amide bonds. The summed E-state index contributed by atoms with van der Waals surface area (Å²) in [6, 6.07) is 4.44. The summed E-state index contributed by atoms with van der Waals surface area (Å²) in [5, 5.41) is 3.34. The first-order valence-electron chi connectivity index (χ1n) is 4.19. The fraction of sp³-hybridized carbons (Fsp3) is 0.200. The molecule has 5 heteroatoms. The third kappa shape index (κ3) is 3.51. The molecular formula is C10H7ClFN3. The van der Waals surface area contributed by atoms with Crippen LogP contribution in [-0.2, 0) is 0 Å². The zero-order valence-electron chi connectivity index (χ0n) is 7.74. The van der Waals surface area contributed by atoms with Gasteiger partial charge in [0.25, 0.3) is 0 Å². The van der Waals surface area contributed by atoms with Crippen LogP contribution in [0.2, 0.25) is 5.02 Å². The molecule has 0 fully saturated rings. The largest absolute Gasteiger partial charge is 0.205 e. The highest BCUT2D eigenvalue weighted by atomic mass is 35.5. The highest BCUT2D eigenvalue weighted by Crippen LogP contribution is 2.18. The normalized spacial score (nSPS) is 8.67. The van der Waals surface area contributed by atoms with Gasteiger partial charge in [-0.25, -0.2) is 4.39 Å². The van der Waals surface area contributed by atoms with Gasteiger partial charge in [-0.3, -0.25) is 0 Å². The van der Waals surface area contributed by atoms with Crippen molar-refractivity contribution in [2.24, 2.45) is 5.11 Å². The van der Waals surface area contributed by atoms with E-state index in [-0.39, 0.29) is 5.02 Å². The maximum atomic E-state index is 12.9. The molecule has 0 radical (unpaired) electrons. The van der Waals surface area contributed by atoms with Crippen LogP contribution >= 0.6 is 11.6 Å². The van der Waals surface area contributed by atoms with E-state index in [1.54, 1.807) is 12.1 Å². The molecule has 0 saturated heterocycles. The van der Waals surface area contributed by atoms with Crippen LogP contribution in [0.1, 0.15) is 12.0 Å². The summed E-state index contributed by atoms with van der Waals surface area (Å²) in [6.45, 7) is 0.302. The van der Waals surface area contributed by atoms with Crippen molar-refractivity contribution in [1.82, 2.24) is 0 Å². The van der Waals surface area contributed by atoms with Crippen LogP contribution in [0, 0.1) is 17.7 Å². The van der Waals surface area contributed by atoms with Crippen molar-refractivity contribution in [2.45, 2.75) is 6.42 Å². The molecule has 0 aliphatic carbocycles. The summed E-state index contributed by atoms with van der Waals surface area (Å²) in [7, 11) is 0. The molecule has 1 rings (SSSR count). The Morgan fingerprint density at radius 3 is 3.07 bits per heavy atom. The van der Waals surface area contributed by atoms with E-state index in [1.165, 1.54) is 6.07 Å². The van der Waals surface area contributed by atoms with Gasteiger partial charge in [-0.15, -0.1) is 0 Å². The summed E-state index contributed by atoms with van der Waals surface area (Å²) >= 11 is 5.67. The van der Waals surface area contributed by atoms with Crippen molar-refractivity contribution in [1.29, 1.82) is 0 Å². The van der Waals surface area contributed by atoms with Gasteiger partial charge in [-0.1, -0.05) is 34.6 Å². The average Bonchev–Trinajstić information content (AvgIpc) is 2.24. The van der Waals surface area contributed by atoms with Crippen molar-refractivity contribution >= 4 is 11.6 Å². The molecule has 76 valence electrons. The van der Waals surface area contributed by atoms with Crippen molar-refractivity contribution in [3.8, 4) is 11.8 Å². The highest BCUT2D eigenvalue weighted by molar-refractivity contribution is 6.31. The van der Waals surface area contributed by atoms with Gasteiger partial charge in [-0.2, -0.15) is 0 Å². The van der Waals surface area contributed by atoms with E-state index in [0.717, 1.165) is 0 Å². The van der Waals surface area contributed by atoms with E-state index in [2.05, 4.69) is 21.9 Å². The predicted octanol–water partition coefficient (Wildman–Crippen LogP) is 3.53. The number of hydrogen-bond acceptors (Lipinski definition) is 1. The summed E-state index contributed by atoms with van der Waals surface area (Å²) in [5.74, 6) is 4.96. The van der Waals surface area contributed by atoms with Gasteiger partial charge in [0.15, 0.2) is 0 Å². The Morgan fingerprint density at radius 1 is 1.53 bits per heavy atom. The first-order chi connectivity index (χ1) is 7.25. The molecule has 0 aromatic heterocycles. The molecular weight excluding hydrogens is 217 g/mol.